The Hall–Kier alpha value is -1.37. The highest BCUT2D eigenvalue weighted by Crippen LogP contribution is 2.19. The highest BCUT2D eigenvalue weighted by atomic mass is 32.2. The minimum Gasteiger partial charge on any atom is -0.368 e. The summed E-state index contributed by atoms with van der Waals surface area (Å²) < 4.78 is 22.6. The molecular weight excluding hydrogens is 240 g/mol. The predicted octanol–water partition coefficient (Wildman–Crippen LogP) is 0.356. The summed E-state index contributed by atoms with van der Waals surface area (Å²) >= 11 is 0. The lowest BCUT2D eigenvalue weighted by Crippen LogP contribution is -2.32. The Kier molecular flexibility index (Phi) is 3.19. The molecule has 0 saturated carbocycles. The van der Waals surface area contributed by atoms with Gasteiger partial charge in [0.1, 0.15) is 15.7 Å². The number of rotatable bonds is 2. The second-order valence-corrected chi connectivity index (χ2v) is 6.63. The van der Waals surface area contributed by atoms with Gasteiger partial charge in [0, 0.05) is 17.8 Å². The summed E-state index contributed by atoms with van der Waals surface area (Å²) in [7, 11) is -2.82. The molecule has 6 nitrogen and oxygen atoms in total. The van der Waals surface area contributed by atoms with Crippen molar-refractivity contribution in [3.63, 3.8) is 0 Å². The molecule has 1 aliphatic rings. The quantitative estimate of drug-likeness (QED) is 0.792. The van der Waals surface area contributed by atoms with Crippen molar-refractivity contribution >= 4 is 21.6 Å². The third-order valence-electron chi connectivity index (χ3n) is 2.89. The van der Waals surface area contributed by atoms with Crippen LogP contribution in [0.4, 0.5) is 11.8 Å². The molecule has 1 aliphatic heterocycles. The molecule has 1 aromatic rings. The van der Waals surface area contributed by atoms with Crippen molar-refractivity contribution < 1.29 is 8.42 Å². The van der Waals surface area contributed by atoms with Gasteiger partial charge in [0.15, 0.2) is 0 Å². The molecule has 0 spiro atoms. The van der Waals surface area contributed by atoms with Crippen LogP contribution in [0.1, 0.15) is 18.4 Å². The number of nitrogen functional groups attached to an aromatic ring is 1. The Morgan fingerprint density at radius 3 is 2.71 bits per heavy atom. The maximum Gasteiger partial charge on any atom is 0.221 e. The van der Waals surface area contributed by atoms with Crippen molar-refractivity contribution in [1.29, 1.82) is 0 Å². The molecule has 2 rings (SSSR count). The highest BCUT2D eigenvalue weighted by Gasteiger charge is 2.23. The molecule has 7 heteroatoms. The lowest BCUT2D eigenvalue weighted by atomic mass is 10.1. The molecule has 1 fully saturated rings. The van der Waals surface area contributed by atoms with Crippen LogP contribution in [-0.2, 0) is 9.84 Å². The summed E-state index contributed by atoms with van der Waals surface area (Å²) in [5.74, 6) is 1.40. The number of aromatic nitrogens is 2. The Bertz CT molecular complexity index is 501. The Morgan fingerprint density at radius 1 is 1.41 bits per heavy atom. The van der Waals surface area contributed by atoms with Crippen molar-refractivity contribution in [2.45, 2.75) is 25.8 Å². The van der Waals surface area contributed by atoms with Gasteiger partial charge in [0.05, 0.1) is 11.5 Å². The van der Waals surface area contributed by atoms with Gasteiger partial charge in [0.2, 0.25) is 5.95 Å². The van der Waals surface area contributed by atoms with Crippen molar-refractivity contribution in [2.75, 3.05) is 22.6 Å². The molecule has 0 unspecified atom stereocenters. The van der Waals surface area contributed by atoms with Gasteiger partial charge in [-0.1, -0.05) is 0 Å². The van der Waals surface area contributed by atoms with Crippen LogP contribution in [0, 0.1) is 6.92 Å². The smallest absolute Gasteiger partial charge is 0.221 e. The normalized spacial score (nSPS) is 20.1. The van der Waals surface area contributed by atoms with Crippen LogP contribution in [0.2, 0.25) is 0 Å². The first-order chi connectivity index (χ1) is 7.96. The van der Waals surface area contributed by atoms with Gasteiger partial charge in [-0.15, -0.1) is 0 Å². The first-order valence-electron chi connectivity index (χ1n) is 5.52. The number of hydrogen-bond donors (Lipinski definition) is 2. The number of anilines is 2. The van der Waals surface area contributed by atoms with Gasteiger partial charge in [-0.05, 0) is 19.8 Å². The summed E-state index contributed by atoms with van der Waals surface area (Å²) in [6, 6.07) is 0.145. The van der Waals surface area contributed by atoms with E-state index in [0.29, 0.717) is 18.7 Å². The van der Waals surface area contributed by atoms with E-state index in [1.165, 1.54) is 0 Å². The van der Waals surface area contributed by atoms with Crippen LogP contribution < -0.4 is 11.1 Å². The largest absolute Gasteiger partial charge is 0.368 e. The molecule has 3 N–H and O–H groups in total. The van der Waals surface area contributed by atoms with E-state index in [-0.39, 0.29) is 23.5 Å². The molecule has 2 heterocycles. The SMILES string of the molecule is Cc1cnc(N)nc1NC1CCS(=O)(=O)CC1. The van der Waals surface area contributed by atoms with Crippen LogP contribution in [-0.4, -0.2) is 35.9 Å². The molecule has 17 heavy (non-hydrogen) atoms. The van der Waals surface area contributed by atoms with Crippen LogP contribution in [0.15, 0.2) is 6.20 Å². The van der Waals surface area contributed by atoms with E-state index < -0.39 is 9.84 Å². The Morgan fingerprint density at radius 2 is 2.06 bits per heavy atom. The second kappa shape index (κ2) is 4.48. The fraction of sp³-hybridized carbons (Fsp3) is 0.600. The van der Waals surface area contributed by atoms with Crippen molar-refractivity contribution in [3.8, 4) is 0 Å². The Balaban J connectivity index is 2.05. The lowest BCUT2D eigenvalue weighted by Gasteiger charge is -2.24. The third-order valence-corrected chi connectivity index (χ3v) is 4.60. The van der Waals surface area contributed by atoms with E-state index in [4.69, 9.17) is 5.73 Å². The fourth-order valence-electron chi connectivity index (χ4n) is 1.83. The zero-order valence-corrected chi connectivity index (χ0v) is 10.5. The average molecular weight is 256 g/mol. The maximum absolute atomic E-state index is 11.3. The summed E-state index contributed by atoms with van der Waals surface area (Å²) in [4.78, 5) is 8.00. The molecule has 0 amide bonds. The van der Waals surface area contributed by atoms with Gasteiger partial charge in [-0.2, -0.15) is 4.98 Å². The minimum absolute atomic E-state index is 0.145. The number of sulfone groups is 1. The number of aryl methyl sites for hydroxylation is 1. The van der Waals surface area contributed by atoms with Gasteiger partial charge in [0.25, 0.3) is 0 Å². The van der Waals surface area contributed by atoms with Crippen LogP contribution in [0.5, 0.6) is 0 Å². The van der Waals surface area contributed by atoms with Gasteiger partial charge >= 0.3 is 0 Å². The molecule has 0 radical (unpaired) electrons. The third kappa shape index (κ3) is 3.06. The van der Waals surface area contributed by atoms with E-state index in [2.05, 4.69) is 15.3 Å². The van der Waals surface area contributed by atoms with E-state index in [9.17, 15) is 8.42 Å². The summed E-state index contributed by atoms with van der Waals surface area (Å²) in [6.07, 6.45) is 2.89. The maximum atomic E-state index is 11.3. The number of nitrogens with two attached hydrogens (primary N) is 1. The Labute approximate surface area is 101 Å². The number of hydrogen-bond acceptors (Lipinski definition) is 6. The molecule has 0 bridgehead atoms. The minimum atomic E-state index is -2.82. The van der Waals surface area contributed by atoms with Crippen molar-refractivity contribution in [2.24, 2.45) is 0 Å². The van der Waals surface area contributed by atoms with Gasteiger partial charge in [-0.3, -0.25) is 0 Å². The number of nitrogens with zero attached hydrogens (tertiary/aromatic N) is 2. The van der Waals surface area contributed by atoms with Gasteiger partial charge < -0.3 is 11.1 Å². The summed E-state index contributed by atoms with van der Waals surface area (Å²) in [5, 5.41) is 3.23. The molecule has 1 aromatic heterocycles. The molecule has 0 atom stereocenters. The fourth-order valence-corrected chi connectivity index (χ4v) is 3.32. The first kappa shape index (κ1) is 12.1. The monoisotopic (exact) mass is 256 g/mol. The highest BCUT2D eigenvalue weighted by molar-refractivity contribution is 7.91. The summed E-state index contributed by atoms with van der Waals surface area (Å²) in [5.41, 5.74) is 6.43. The van der Waals surface area contributed by atoms with Crippen molar-refractivity contribution in [1.82, 2.24) is 9.97 Å². The number of nitrogens with one attached hydrogen (secondary N) is 1. The molecular formula is C10H16N4O2S. The molecule has 0 aliphatic carbocycles. The zero-order chi connectivity index (χ0) is 12.5. The predicted molar refractivity (Wildman–Crippen MR) is 66.5 cm³/mol. The van der Waals surface area contributed by atoms with Gasteiger partial charge in [-0.25, -0.2) is 13.4 Å². The van der Waals surface area contributed by atoms with Crippen molar-refractivity contribution in [3.05, 3.63) is 11.8 Å². The lowest BCUT2D eigenvalue weighted by molar-refractivity contribution is 0.559. The average Bonchev–Trinajstić information content (AvgIpc) is 2.26. The van der Waals surface area contributed by atoms with E-state index >= 15 is 0 Å². The van der Waals surface area contributed by atoms with Crippen LogP contribution >= 0.6 is 0 Å². The summed E-state index contributed by atoms with van der Waals surface area (Å²) in [6.45, 7) is 1.89. The van der Waals surface area contributed by atoms with E-state index in [0.717, 1.165) is 5.56 Å². The molecule has 1 saturated heterocycles. The second-order valence-electron chi connectivity index (χ2n) is 4.33. The molecule has 0 aromatic carbocycles. The van der Waals surface area contributed by atoms with Crippen LogP contribution in [0.25, 0.3) is 0 Å². The standard InChI is InChI=1S/C10H16N4O2S/c1-7-6-12-10(11)14-9(7)13-8-2-4-17(15,16)5-3-8/h6,8H,2-5H2,1H3,(H3,11,12,13,14). The zero-order valence-electron chi connectivity index (χ0n) is 9.68. The van der Waals surface area contributed by atoms with E-state index in [1.807, 2.05) is 6.92 Å². The first-order valence-corrected chi connectivity index (χ1v) is 7.34. The van der Waals surface area contributed by atoms with Crippen LogP contribution in [0.3, 0.4) is 0 Å². The molecule has 94 valence electrons. The van der Waals surface area contributed by atoms with E-state index in [1.54, 1.807) is 6.20 Å². The topological polar surface area (TPSA) is 98.0 Å².